The number of aromatic nitrogens is 1. The molecule has 0 aliphatic heterocycles. The number of hydrogen-bond donors (Lipinski definition) is 3. The Labute approximate surface area is 317 Å². The fourth-order valence-electron chi connectivity index (χ4n) is 4.14. The van der Waals surface area contributed by atoms with Gasteiger partial charge in [-0.25, -0.2) is 9.78 Å². The maximum absolute atomic E-state index is 12.8. The molecule has 3 amide bonds. The summed E-state index contributed by atoms with van der Waals surface area (Å²) in [6.45, 7) is 15.2. The predicted molar refractivity (Wildman–Crippen MR) is 208 cm³/mol. The van der Waals surface area contributed by atoms with E-state index in [9.17, 15) is 28.8 Å². The molecule has 0 unspecified atom stereocenters. The number of alkyl carbamates (subject to hydrolysis) is 1. The van der Waals surface area contributed by atoms with Crippen molar-refractivity contribution in [2.24, 2.45) is 0 Å². The summed E-state index contributed by atoms with van der Waals surface area (Å²) in [7, 11) is -1.42. The highest BCUT2D eigenvalue weighted by molar-refractivity contribution is 8.13. The van der Waals surface area contributed by atoms with Crippen LogP contribution in [-0.4, -0.2) is 78.6 Å². The number of nitrogens with zero attached hydrogens (tertiary/aromatic N) is 1. The zero-order chi connectivity index (χ0) is 39.2. The second kappa shape index (κ2) is 24.7. The van der Waals surface area contributed by atoms with Crippen molar-refractivity contribution >= 4 is 66.1 Å². The van der Waals surface area contributed by atoms with Crippen LogP contribution >= 0.6 is 23.1 Å². The minimum atomic E-state index is -1.42. The van der Waals surface area contributed by atoms with Crippen LogP contribution < -0.4 is 16.0 Å². The molecule has 0 aromatic carbocycles. The van der Waals surface area contributed by atoms with Gasteiger partial charge in [-0.05, 0) is 52.7 Å². The van der Waals surface area contributed by atoms with Crippen LogP contribution in [0, 0.1) is 0 Å². The fraction of sp³-hybridized carbons (Fsp3) is 0.639. The SMILES string of the molecule is C/C=C(\NC(=O)c1csc(CNC(=O)OC(C)(C)C)n1)C(=O)NCC(=O)O[C@H](/C=C/CCSC(=O)CCCCCCC)CC(=O)OCC[Si](C)(C)C. The van der Waals surface area contributed by atoms with E-state index in [2.05, 4.69) is 47.5 Å². The van der Waals surface area contributed by atoms with E-state index in [0.29, 0.717) is 23.6 Å². The molecule has 13 nitrogen and oxygen atoms in total. The summed E-state index contributed by atoms with van der Waals surface area (Å²) in [6, 6.07) is 0.799. The molecule has 0 spiro atoms. The Morgan fingerprint density at radius 1 is 1.02 bits per heavy atom. The van der Waals surface area contributed by atoms with E-state index in [1.54, 1.807) is 39.8 Å². The molecule has 0 radical (unpaired) electrons. The van der Waals surface area contributed by atoms with Crippen molar-refractivity contribution < 1.29 is 43.0 Å². The molecule has 52 heavy (non-hydrogen) atoms. The first kappa shape index (κ1) is 46.5. The monoisotopic (exact) mass is 782 g/mol. The average molecular weight is 783 g/mol. The summed E-state index contributed by atoms with van der Waals surface area (Å²) in [5.74, 6) is -2.14. The zero-order valence-electron chi connectivity index (χ0n) is 32.0. The molecular weight excluding hydrogens is 725 g/mol. The van der Waals surface area contributed by atoms with Gasteiger partial charge >= 0.3 is 18.0 Å². The van der Waals surface area contributed by atoms with Crippen LogP contribution in [0.25, 0.3) is 0 Å². The molecule has 0 saturated carbocycles. The third kappa shape index (κ3) is 23.1. The number of carbonyl (C=O) groups excluding carboxylic acids is 6. The van der Waals surface area contributed by atoms with Crippen molar-refractivity contribution in [2.75, 3.05) is 18.9 Å². The van der Waals surface area contributed by atoms with Crippen molar-refractivity contribution in [3.8, 4) is 0 Å². The first-order valence-corrected chi connectivity index (χ1v) is 23.3. The van der Waals surface area contributed by atoms with Gasteiger partial charge in [0.05, 0.1) is 19.6 Å². The summed E-state index contributed by atoms with van der Waals surface area (Å²) >= 11 is 2.41. The number of carbonyl (C=O) groups is 6. The van der Waals surface area contributed by atoms with Crippen molar-refractivity contribution in [1.82, 2.24) is 20.9 Å². The van der Waals surface area contributed by atoms with Gasteiger partial charge < -0.3 is 30.2 Å². The van der Waals surface area contributed by atoms with Crippen LogP contribution in [0.2, 0.25) is 25.7 Å². The van der Waals surface area contributed by atoms with E-state index in [1.165, 1.54) is 29.6 Å². The van der Waals surface area contributed by atoms with Gasteiger partial charge in [-0.2, -0.15) is 0 Å². The first-order chi connectivity index (χ1) is 24.4. The topological polar surface area (TPSA) is 179 Å². The highest BCUT2D eigenvalue weighted by atomic mass is 32.2. The average Bonchev–Trinajstić information content (AvgIpc) is 3.52. The quantitative estimate of drug-likeness (QED) is 0.0270. The number of unbranched alkanes of at least 4 members (excludes halogenated alkanes) is 4. The number of allylic oxidation sites excluding steroid dienone is 2. The summed E-state index contributed by atoms with van der Waals surface area (Å²) < 4.78 is 16.1. The second-order valence-electron chi connectivity index (χ2n) is 14.2. The van der Waals surface area contributed by atoms with Gasteiger partial charge in [0.2, 0.25) is 0 Å². The summed E-state index contributed by atoms with van der Waals surface area (Å²) in [5.41, 5.74) is -0.740. The van der Waals surface area contributed by atoms with Gasteiger partial charge in [0.25, 0.3) is 11.8 Å². The van der Waals surface area contributed by atoms with Crippen molar-refractivity contribution in [3.05, 3.63) is 40.0 Å². The van der Waals surface area contributed by atoms with E-state index in [0.717, 1.165) is 43.1 Å². The standard InChI is InChI=1S/C36H58N4O9S2Si/c1-9-11-12-13-14-18-32(43)50-20-16-15-17-26(22-30(41)47-19-21-52(6,7)8)48-31(42)24-37-33(44)27(10-2)40-34(45)28-25-51-29(39-28)23-38-35(46)49-36(3,4)5/h10,15,17,25-26H,9,11-14,16,18-24H2,1-8H3,(H,37,44)(H,38,46)(H,40,45)/b17-15+,27-10-/t26-/m1/s1. The Balaban J connectivity index is 2.69. The minimum Gasteiger partial charge on any atom is -0.466 e. The molecule has 0 saturated heterocycles. The molecule has 1 rings (SSSR count). The van der Waals surface area contributed by atoms with Crippen LogP contribution in [0.15, 0.2) is 29.3 Å². The molecule has 0 bridgehead atoms. The van der Waals surface area contributed by atoms with Crippen molar-refractivity contribution in [2.45, 2.75) is 130 Å². The van der Waals surface area contributed by atoms with Crippen LogP contribution in [0.1, 0.15) is 101 Å². The van der Waals surface area contributed by atoms with Crippen molar-refractivity contribution in [1.29, 1.82) is 0 Å². The summed E-state index contributed by atoms with van der Waals surface area (Å²) in [6.07, 6.45) is 9.47. The van der Waals surface area contributed by atoms with Gasteiger partial charge in [-0.1, -0.05) is 76.2 Å². The number of amides is 3. The lowest BCUT2D eigenvalue weighted by atomic mass is 10.1. The Morgan fingerprint density at radius 2 is 1.73 bits per heavy atom. The van der Waals surface area contributed by atoms with Gasteiger partial charge in [-0.3, -0.25) is 24.0 Å². The molecule has 3 N–H and O–H groups in total. The first-order valence-electron chi connectivity index (χ1n) is 17.8. The minimum absolute atomic E-state index is 0.0362. The largest absolute Gasteiger partial charge is 0.466 e. The highest BCUT2D eigenvalue weighted by Gasteiger charge is 2.22. The van der Waals surface area contributed by atoms with Gasteiger partial charge in [-0.15, -0.1) is 11.3 Å². The highest BCUT2D eigenvalue weighted by Crippen LogP contribution is 2.15. The molecule has 1 aromatic rings. The fourth-order valence-corrected chi connectivity index (χ4v) is 6.34. The normalized spacial score (nSPS) is 12.6. The maximum atomic E-state index is 12.8. The number of rotatable bonds is 23. The Bertz CT molecular complexity index is 1380. The third-order valence-corrected chi connectivity index (χ3v) is 10.4. The van der Waals surface area contributed by atoms with E-state index in [1.807, 2.05) is 0 Å². The van der Waals surface area contributed by atoms with Crippen LogP contribution in [0.4, 0.5) is 4.79 Å². The smallest absolute Gasteiger partial charge is 0.408 e. The lowest BCUT2D eigenvalue weighted by Crippen LogP contribution is -2.38. The van der Waals surface area contributed by atoms with Gasteiger partial charge in [0, 0.05) is 25.6 Å². The molecule has 0 aliphatic carbocycles. The van der Waals surface area contributed by atoms with Crippen LogP contribution in [0.3, 0.4) is 0 Å². The Kier molecular flexibility index (Phi) is 22.1. The summed E-state index contributed by atoms with van der Waals surface area (Å²) in [4.78, 5) is 79.2. The van der Waals surface area contributed by atoms with E-state index >= 15 is 0 Å². The van der Waals surface area contributed by atoms with Crippen molar-refractivity contribution in [3.63, 3.8) is 0 Å². The van der Waals surface area contributed by atoms with Gasteiger partial charge in [0.15, 0.2) is 5.12 Å². The Hall–Kier alpha value is -3.50. The molecule has 0 fully saturated rings. The maximum Gasteiger partial charge on any atom is 0.408 e. The Morgan fingerprint density at radius 3 is 2.38 bits per heavy atom. The predicted octanol–water partition coefficient (Wildman–Crippen LogP) is 6.67. The lowest BCUT2D eigenvalue weighted by molar-refractivity contribution is -0.152. The van der Waals surface area contributed by atoms with Crippen LogP contribution in [0.5, 0.6) is 0 Å². The van der Waals surface area contributed by atoms with Crippen LogP contribution in [-0.2, 0) is 39.9 Å². The number of thioether (sulfide) groups is 1. The number of nitrogens with one attached hydrogen (secondary N) is 3. The number of ether oxygens (including phenoxy) is 3. The second-order valence-corrected chi connectivity index (χ2v) is 21.9. The number of hydrogen-bond acceptors (Lipinski definition) is 12. The molecular formula is C36H58N4O9S2Si. The van der Waals surface area contributed by atoms with E-state index < -0.39 is 56.2 Å². The van der Waals surface area contributed by atoms with Gasteiger partial charge in [0.1, 0.15) is 34.6 Å². The molecule has 0 aliphatic rings. The van der Waals surface area contributed by atoms with E-state index in [-0.39, 0.29) is 36.1 Å². The molecule has 1 aromatic heterocycles. The third-order valence-electron chi connectivity index (χ3n) is 6.89. The number of esters is 2. The number of thiazole rings is 1. The summed E-state index contributed by atoms with van der Waals surface area (Å²) in [5, 5.41) is 9.55. The molecule has 1 atom stereocenters. The molecule has 292 valence electrons. The molecule has 1 heterocycles. The lowest BCUT2D eigenvalue weighted by Gasteiger charge is -2.19. The zero-order valence-corrected chi connectivity index (χ0v) is 34.7. The molecule has 16 heteroatoms. The van der Waals surface area contributed by atoms with E-state index in [4.69, 9.17) is 14.2 Å².